The molecule has 0 aliphatic heterocycles. The molecule has 0 spiro atoms. The molecule has 2 amide bonds. The number of nitrogens with two attached hydrogens (primary N) is 1. The van der Waals surface area contributed by atoms with Crippen LogP contribution in [-0.2, 0) is 9.59 Å². The molecule has 6 nitrogen and oxygen atoms in total. The van der Waals surface area contributed by atoms with E-state index in [1.807, 2.05) is 54.6 Å². The van der Waals surface area contributed by atoms with Crippen LogP contribution in [0.4, 0.5) is 11.4 Å². The van der Waals surface area contributed by atoms with E-state index in [4.69, 9.17) is 11.1 Å². The van der Waals surface area contributed by atoms with E-state index in [0.29, 0.717) is 16.9 Å². The SMILES string of the molecule is CC(=O)Nc1cccc(-c2cccc(NC(C)=O)c2-c2ccc(C(=N)N)cc2)c1. The molecule has 0 bridgehead atoms. The van der Waals surface area contributed by atoms with Crippen LogP contribution in [0.5, 0.6) is 0 Å². The van der Waals surface area contributed by atoms with Crippen LogP contribution < -0.4 is 16.4 Å². The van der Waals surface area contributed by atoms with Gasteiger partial charge in [-0.15, -0.1) is 0 Å². The minimum absolute atomic E-state index is 0.00470. The highest BCUT2D eigenvalue weighted by atomic mass is 16.2. The van der Waals surface area contributed by atoms with Crippen LogP contribution in [0.2, 0.25) is 0 Å². The molecular weight excluding hydrogens is 364 g/mol. The van der Waals surface area contributed by atoms with E-state index in [2.05, 4.69) is 10.6 Å². The average molecular weight is 386 g/mol. The van der Waals surface area contributed by atoms with E-state index < -0.39 is 0 Å². The third kappa shape index (κ3) is 4.68. The third-order valence-corrected chi connectivity index (χ3v) is 4.35. The molecular formula is C23H22N4O2. The molecule has 0 aliphatic rings. The van der Waals surface area contributed by atoms with Crippen molar-refractivity contribution in [3.05, 3.63) is 72.3 Å². The summed E-state index contributed by atoms with van der Waals surface area (Å²) in [6.45, 7) is 2.93. The predicted molar refractivity (Wildman–Crippen MR) is 117 cm³/mol. The Labute approximate surface area is 169 Å². The zero-order valence-electron chi connectivity index (χ0n) is 16.2. The van der Waals surface area contributed by atoms with Crippen LogP contribution >= 0.6 is 0 Å². The van der Waals surface area contributed by atoms with Gasteiger partial charge < -0.3 is 16.4 Å². The fourth-order valence-electron chi connectivity index (χ4n) is 3.18. The molecule has 29 heavy (non-hydrogen) atoms. The van der Waals surface area contributed by atoms with Gasteiger partial charge in [-0.2, -0.15) is 0 Å². The number of anilines is 2. The maximum absolute atomic E-state index is 11.8. The average Bonchev–Trinajstić information content (AvgIpc) is 2.67. The van der Waals surface area contributed by atoms with Gasteiger partial charge in [0.05, 0.1) is 0 Å². The molecule has 0 heterocycles. The van der Waals surface area contributed by atoms with E-state index in [1.54, 1.807) is 12.1 Å². The number of hydrogen-bond acceptors (Lipinski definition) is 3. The number of carbonyl (C=O) groups is 2. The van der Waals surface area contributed by atoms with Crippen molar-refractivity contribution in [1.82, 2.24) is 0 Å². The molecule has 3 rings (SSSR count). The van der Waals surface area contributed by atoms with Gasteiger partial charge in [-0.25, -0.2) is 0 Å². The second kappa shape index (κ2) is 8.39. The second-order valence-electron chi connectivity index (χ2n) is 6.66. The zero-order chi connectivity index (χ0) is 21.0. The molecule has 0 fully saturated rings. The number of benzene rings is 3. The van der Waals surface area contributed by atoms with Gasteiger partial charge in [0.2, 0.25) is 11.8 Å². The Morgan fingerprint density at radius 3 is 2.10 bits per heavy atom. The summed E-state index contributed by atoms with van der Waals surface area (Å²) in [6.07, 6.45) is 0. The van der Waals surface area contributed by atoms with E-state index in [0.717, 1.165) is 22.3 Å². The van der Waals surface area contributed by atoms with E-state index in [9.17, 15) is 9.59 Å². The molecule has 5 N–H and O–H groups in total. The molecule has 0 aromatic heterocycles. The standard InChI is InChI=1S/C23H22N4O2/c1-14(28)26-19-6-3-5-18(13-19)20-7-4-8-21(27-15(2)29)22(20)16-9-11-17(12-10-16)23(24)25/h3-13H,1-2H3,(H3,24,25)(H,26,28)(H,27,29). The highest BCUT2D eigenvalue weighted by Gasteiger charge is 2.14. The lowest BCUT2D eigenvalue weighted by atomic mass is 9.92. The lowest BCUT2D eigenvalue weighted by molar-refractivity contribution is -0.115. The van der Waals surface area contributed by atoms with Gasteiger partial charge in [0.15, 0.2) is 0 Å². The molecule has 3 aromatic rings. The number of carbonyl (C=O) groups excluding carboxylic acids is 2. The Morgan fingerprint density at radius 1 is 0.828 bits per heavy atom. The number of nitrogen functional groups attached to an aromatic ring is 1. The smallest absolute Gasteiger partial charge is 0.221 e. The largest absolute Gasteiger partial charge is 0.384 e. The molecule has 6 heteroatoms. The normalized spacial score (nSPS) is 10.3. The predicted octanol–water partition coefficient (Wildman–Crippen LogP) is 4.22. The lowest BCUT2D eigenvalue weighted by Crippen LogP contribution is -2.10. The molecule has 0 aliphatic carbocycles. The summed E-state index contributed by atoms with van der Waals surface area (Å²) in [4.78, 5) is 23.2. The van der Waals surface area contributed by atoms with Crippen molar-refractivity contribution in [2.75, 3.05) is 10.6 Å². The number of hydrogen-bond donors (Lipinski definition) is 4. The topological polar surface area (TPSA) is 108 Å². The van der Waals surface area contributed by atoms with Crippen molar-refractivity contribution >= 4 is 29.0 Å². The van der Waals surface area contributed by atoms with Gasteiger partial charge >= 0.3 is 0 Å². The first kappa shape index (κ1) is 19.8. The number of amides is 2. The van der Waals surface area contributed by atoms with Crippen molar-refractivity contribution in [2.45, 2.75) is 13.8 Å². The first-order valence-electron chi connectivity index (χ1n) is 9.08. The number of amidine groups is 1. The first-order valence-corrected chi connectivity index (χ1v) is 9.08. The summed E-state index contributed by atoms with van der Waals surface area (Å²) >= 11 is 0. The Morgan fingerprint density at radius 2 is 1.48 bits per heavy atom. The Balaban J connectivity index is 2.18. The maximum Gasteiger partial charge on any atom is 0.221 e. The summed E-state index contributed by atoms with van der Waals surface area (Å²) in [7, 11) is 0. The van der Waals surface area contributed by atoms with Gasteiger partial charge in [0.25, 0.3) is 0 Å². The van der Waals surface area contributed by atoms with Gasteiger partial charge in [-0.3, -0.25) is 15.0 Å². The Kier molecular flexibility index (Phi) is 5.74. The van der Waals surface area contributed by atoms with Gasteiger partial charge in [0, 0.05) is 36.3 Å². The molecule has 0 unspecified atom stereocenters. The molecule has 0 saturated heterocycles. The summed E-state index contributed by atoms with van der Waals surface area (Å²) in [5, 5.41) is 13.3. The summed E-state index contributed by atoms with van der Waals surface area (Å²) < 4.78 is 0. The Bertz CT molecular complexity index is 1090. The third-order valence-electron chi connectivity index (χ3n) is 4.35. The van der Waals surface area contributed by atoms with Crippen molar-refractivity contribution in [1.29, 1.82) is 5.41 Å². The lowest BCUT2D eigenvalue weighted by Gasteiger charge is -2.17. The zero-order valence-corrected chi connectivity index (χ0v) is 16.2. The van der Waals surface area contributed by atoms with Gasteiger partial charge in [-0.05, 0) is 34.9 Å². The maximum atomic E-state index is 11.8. The second-order valence-corrected chi connectivity index (χ2v) is 6.66. The minimum atomic E-state index is -0.171. The minimum Gasteiger partial charge on any atom is -0.384 e. The molecule has 0 radical (unpaired) electrons. The summed E-state index contributed by atoms with van der Waals surface area (Å²) in [5.41, 5.74) is 11.1. The van der Waals surface area contributed by atoms with Crippen molar-refractivity contribution < 1.29 is 9.59 Å². The van der Waals surface area contributed by atoms with E-state index >= 15 is 0 Å². The van der Waals surface area contributed by atoms with Crippen LogP contribution in [-0.4, -0.2) is 17.6 Å². The first-order chi connectivity index (χ1) is 13.8. The monoisotopic (exact) mass is 386 g/mol. The van der Waals surface area contributed by atoms with Crippen LogP contribution in [0.15, 0.2) is 66.7 Å². The highest BCUT2D eigenvalue weighted by Crippen LogP contribution is 2.38. The fourth-order valence-corrected chi connectivity index (χ4v) is 3.18. The number of rotatable bonds is 5. The number of nitrogens with one attached hydrogen (secondary N) is 3. The molecule has 0 atom stereocenters. The van der Waals surface area contributed by atoms with Crippen LogP contribution in [0.3, 0.4) is 0 Å². The quantitative estimate of drug-likeness (QED) is 0.389. The molecule has 3 aromatic carbocycles. The van der Waals surface area contributed by atoms with Crippen molar-refractivity contribution in [2.24, 2.45) is 5.73 Å². The molecule has 146 valence electrons. The highest BCUT2D eigenvalue weighted by molar-refractivity contribution is 6.01. The van der Waals surface area contributed by atoms with Crippen molar-refractivity contribution in [3.8, 4) is 22.3 Å². The Hall–Kier alpha value is -3.93. The summed E-state index contributed by atoms with van der Waals surface area (Å²) in [5.74, 6) is -0.320. The molecule has 0 saturated carbocycles. The van der Waals surface area contributed by atoms with E-state index in [-0.39, 0.29) is 17.6 Å². The van der Waals surface area contributed by atoms with Crippen molar-refractivity contribution in [3.63, 3.8) is 0 Å². The van der Waals surface area contributed by atoms with Crippen LogP contribution in [0, 0.1) is 5.41 Å². The van der Waals surface area contributed by atoms with Crippen LogP contribution in [0.25, 0.3) is 22.3 Å². The van der Waals surface area contributed by atoms with Gasteiger partial charge in [0.1, 0.15) is 5.84 Å². The fraction of sp³-hybridized carbons (Fsp3) is 0.0870. The van der Waals surface area contributed by atoms with Crippen LogP contribution in [0.1, 0.15) is 19.4 Å². The summed E-state index contributed by atoms with van der Waals surface area (Å²) in [6, 6.07) is 20.5. The van der Waals surface area contributed by atoms with Gasteiger partial charge in [-0.1, -0.05) is 48.5 Å². The van der Waals surface area contributed by atoms with E-state index in [1.165, 1.54) is 13.8 Å².